The number of benzene rings is 2. The zero-order valence-electron chi connectivity index (χ0n) is 12.7. The highest BCUT2D eigenvalue weighted by Gasteiger charge is 2.25. The number of sulfonamides is 1. The highest BCUT2D eigenvalue weighted by molar-refractivity contribution is 7.89. The first-order chi connectivity index (χ1) is 10.9. The number of hydrazine groups is 1. The number of aryl methyl sites for hydroxylation is 1. The van der Waals surface area contributed by atoms with Crippen molar-refractivity contribution >= 4 is 15.9 Å². The van der Waals surface area contributed by atoms with Gasteiger partial charge in [0.05, 0.1) is 4.90 Å². The summed E-state index contributed by atoms with van der Waals surface area (Å²) in [5.41, 5.74) is 3.78. The lowest BCUT2D eigenvalue weighted by molar-refractivity contribution is -0.122. The molecule has 0 aliphatic heterocycles. The van der Waals surface area contributed by atoms with Crippen molar-refractivity contribution in [1.82, 2.24) is 10.1 Å². The van der Waals surface area contributed by atoms with Crippen LogP contribution in [-0.4, -0.2) is 20.4 Å². The molecule has 0 heterocycles. The van der Waals surface area contributed by atoms with E-state index in [0.717, 1.165) is 11.1 Å². The van der Waals surface area contributed by atoms with E-state index in [0.29, 0.717) is 0 Å². The van der Waals surface area contributed by atoms with Gasteiger partial charge in [0.2, 0.25) is 10.0 Å². The maximum Gasteiger partial charge on any atom is 0.252 e. The molecule has 23 heavy (non-hydrogen) atoms. The van der Waals surface area contributed by atoms with Crippen LogP contribution in [0.25, 0.3) is 0 Å². The van der Waals surface area contributed by atoms with Gasteiger partial charge < -0.3 is 0 Å². The number of nitrogens with two attached hydrogens (primary N) is 1. The summed E-state index contributed by atoms with van der Waals surface area (Å²) >= 11 is 0. The minimum atomic E-state index is -3.82. The Kier molecular flexibility index (Phi) is 5.49. The van der Waals surface area contributed by atoms with Gasteiger partial charge in [0.25, 0.3) is 5.91 Å². The number of nitrogens with one attached hydrogen (secondary N) is 2. The monoisotopic (exact) mass is 333 g/mol. The van der Waals surface area contributed by atoms with Crippen LogP contribution < -0.4 is 16.0 Å². The predicted molar refractivity (Wildman–Crippen MR) is 87.8 cm³/mol. The van der Waals surface area contributed by atoms with Crippen molar-refractivity contribution < 1.29 is 13.2 Å². The van der Waals surface area contributed by atoms with Crippen molar-refractivity contribution in [2.75, 3.05) is 0 Å². The van der Waals surface area contributed by atoms with Crippen molar-refractivity contribution in [3.8, 4) is 0 Å². The second kappa shape index (κ2) is 7.36. The van der Waals surface area contributed by atoms with Gasteiger partial charge >= 0.3 is 0 Å². The van der Waals surface area contributed by atoms with E-state index in [1.54, 1.807) is 12.1 Å². The summed E-state index contributed by atoms with van der Waals surface area (Å²) in [5, 5.41) is 0. The standard InChI is InChI=1S/C16H19N3O3S/c1-12-7-9-14(10-8-12)23(21,22)19-15(16(20)18-17)11-13-5-3-2-4-6-13/h2-10,15,19H,11,17H2,1H3,(H,18,20)/t15-/m0/s1. The fourth-order valence-electron chi connectivity index (χ4n) is 2.11. The molecule has 7 heteroatoms. The first-order valence-electron chi connectivity index (χ1n) is 7.06. The molecule has 0 spiro atoms. The Morgan fingerprint density at radius 2 is 1.70 bits per heavy atom. The van der Waals surface area contributed by atoms with E-state index < -0.39 is 22.0 Å². The number of amides is 1. The van der Waals surface area contributed by atoms with Gasteiger partial charge in [-0.05, 0) is 31.0 Å². The first-order valence-corrected chi connectivity index (χ1v) is 8.54. The molecular formula is C16H19N3O3S. The van der Waals surface area contributed by atoms with E-state index >= 15 is 0 Å². The van der Waals surface area contributed by atoms with Gasteiger partial charge in [0, 0.05) is 0 Å². The lowest BCUT2D eigenvalue weighted by Crippen LogP contribution is -2.49. The number of rotatable bonds is 6. The van der Waals surface area contributed by atoms with Crippen LogP contribution in [0.2, 0.25) is 0 Å². The van der Waals surface area contributed by atoms with E-state index in [-0.39, 0.29) is 11.3 Å². The Balaban J connectivity index is 2.23. The molecule has 0 saturated heterocycles. The van der Waals surface area contributed by atoms with Gasteiger partial charge in [-0.25, -0.2) is 14.3 Å². The van der Waals surface area contributed by atoms with Crippen molar-refractivity contribution in [3.63, 3.8) is 0 Å². The number of hydrogen-bond donors (Lipinski definition) is 3. The summed E-state index contributed by atoms with van der Waals surface area (Å²) in [4.78, 5) is 12.0. The van der Waals surface area contributed by atoms with Crippen molar-refractivity contribution in [2.45, 2.75) is 24.3 Å². The Morgan fingerprint density at radius 1 is 1.09 bits per heavy atom. The van der Waals surface area contributed by atoms with Gasteiger partial charge in [0.15, 0.2) is 0 Å². The average molecular weight is 333 g/mol. The van der Waals surface area contributed by atoms with Crippen LogP contribution in [0.15, 0.2) is 59.5 Å². The molecule has 4 N–H and O–H groups in total. The van der Waals surface area contributed by atoms with E-state index in [1.165, 1.54) is 12.1 Å². The zero-order valence-corrected chi connectivity index (χ0v) is 13.5. The zero-order chi connectivity index (χ0) is 16.9. The van der Waals surface area contributed by atoms with Crippen LogP contribution in [0.1, 0.15) is 11.1 Å². The molecule has 2 aromatic rings. The summed E-state index contributed by atoms with van der Waals surface area (Å²) in [7, 11) is -3.82. The van der Waals surface area contributed by atoms with Gasteiger partial charge in [-0.2, -0.15) is 4.72 Å². The highest BCUT2D eigenvalue weighted by Crippen LogP contribution is 2.12. The molecular weight excluding hydrogens is 314 g/mol. The van der Waals surface area contributed by atoms with Crippen LogP contribution in [-0.2, 0) is 21.2 Å². The van der Waals surface area contributed by atoms with Crippen LogP contribution in [0, 0.1) is 6.92 Å². The predicted octanol–water partition coefficient (Wildman–Crippen LogP) is 0.875. The van der Waals surface area contributed by atoms with E-state index in [9.17, 15) is 13.2 Å². The first kappa shape index (κ1) is 17.1. The van der Waals surface area contributed by atoms with Crippen LogP contribution in [0.5, 0.6) is 0 Å². The van der Waals surface area contributed by atoms with E-state index in [1.807, 2.05) is 42.7 Å². The second-order valence-electron chi connectivity index (χ2n) is 5.19. The van der Waals surface area contributed by atoms with Crippen LogP contribution in [0.4, 0.5) is 0 Å². The molecule has 6 nitrogen and oxygen atoms in total. The smallest absolute Gasteiger partial charge is 0.252 e. The fraction of sp³-hybridized carbons (Fsp3) is 0.188. The maximum absolute atomic E-state index is 12.4. The molecule has 0 aliphatic rings. The minimum absolute atomic E-state index is 0.103. The third kappa shape index (κ3) is 4.62. The third-order valence-electron chi connectivity index (χ3n) is 3.37. The number of hydrogen-bond acceptors (Lipinski definition) is 4. The Bertz CT molecular complexity index is 759. The van der Waals surface area contributed by atoms with Crippen molar-refractivity contribution in [1.29, 1.82) is 0 Å². The summed E-state index contributed by atoms with van der Waals surface area (Å²) < 4.78 is 27.3. The normalized spacial score (nSPS) is 12.6. The Hall–Kier alpha value is -2.22. The third-order valence-corrected chi connectivity index (χ3v) is 4.86. The quantitative estimate of drug-likeness (QED) is 0.415. The highest BCUT2D eigenvalue weighted by atomic mass is 32.2. The SMILES string of the molecule is Cc1ccc(S(=O)(=O)N[C@@H](Cc2ccccc2)C(=O)NN)cc1. The van der Waals surface area contributed by atoms with Crippen molar-refractivity contribution in [2.24, 2.45) is 5.84 Å². The Morgan fingerprint density at radius 3 is 2.26 bits per heavy atom. The molecule has 0 aliphatic carbocycles. The lowest BCUT2D eigenvalue weighted by Gasteiger charge is -2.17. The molecule has 1 amide bonds. The Labute approximate surface area is 135 Å². The molecule has 0 unspecified atom stereocenters. The molecule has 2 aromatic carbocycles. The largest absolute Gasteiger partial charge is 0.293 e. The molecule has 1 atom stereocenters. The topological polar surface area (TPSA) is 101 Å². The maximum atomic E-state index is 12.4. The van der Waals surface area contributed by atoms with Crippen molar-refractivity contribution in [3.05, 3.63) is 65.7 Å². The molecule has 0 bridgehead atoms. The van der Waals surface area contributed by atoms with Gasteiger partial charge in [-0.3, -0.25) is 10.2 Å². The van der Waals surface area contributed by atoms with Gasteiger partial charge in [-0.15, -0.1) is 0 Å². The molecule has 0 aromatic heterocycles. The lowest BCUT2D eigenvalue weighted by atomic mass is 10.1. The summed E-state index contributed by atoms with van der Waals surface area (Å²) in [5.74, 6) is 4.58. The molecule has 122 valence electrons. The summed E-state index contributed by atoms with van der Waals surface area (Å²) in [6, 6.07) is 14.5. The number of carbonyl (C=O) groups excluding carboxylic acids is 1. The van der Waals surface area contributed by atoms with E-state index in [4.69, 9.17) is 5.84 Å². The number of carbonyl (C=O) groups is 1. The van der Waals surface area contributed by atoms with Crippen LogP contribution in [0.3, 0.4) is 0 Å². The average Bonchev–Trinajstić information content (AvgIpc) is 2.54. The molecule has 2 rings (SSSR count). The fourth-order valence-corrected chi connectivity index (χ4v) is 3.31. The summed E-state index contributed by atoms with van der Waals surface area (Å²) in [6.45, 7) is 1.86. The molecule has 0 saturated carbocycles. The molecule has 0 fully saturated rings. The second-order valence-corrected chi connectivity index (χ2v) is 6.90. The minimum Gasteiger partial charge on any atom is -0.293 e. The van der Waals surface area contributed by atoms with Crippen LogP contribution >= 0.6 is 0 Å². The summed E-state index contributed by atoms with van der Waals surface area (Å²) in [6.07, 6.45) is 0.203. The molecule has 0 radical (unpaired) electrons. The van der Waals surface area contributed by atoms with Gasteiger partial charge in [0.1, 0.15) is 6.04 Å². The van der Waals surface area contributed by atoms with Gasteiger partial charge in [-0.1, -0.05) is 48.0 Å². The van der Waals surface area contributed by atoms with E-state index in [2.05, 4.69) is 4.72 Å².